The molecule has 2 heteroatoms. The summed E-state index contributed by atoms with van der Waals surface area (Å²) in [6.45, 7) is 11.5. The Morgan fingerprint density at radius 1 is 1.14 bits per heavy atom. The molecule has 2 fully saturated rings. The molecule has 6 atom stereocenters. The van der Waals surface area contributed by atoms with Crippen LogP contribution < -0.4 is 0 Å². The van der Waals surface area contributed by atoms with Crippen molar-refractivity contribution in [3.05, 3.63) is 41.5 Å². The predicted molar refractivity (Wildman–Crippen MR) is 117 cm³/mol. The van der Waals surface area contributed by atoms with Crippen molar-refractivity contribution in [2.75, 3.05) is 0 Å². The van der Waals surface area contributed by atoms with Crippen molar-refractivity contribution in [2.24, 2.45) is 35.0 Å². The van der Waals surface area contributed by atoms with E-state index in [1.165, 1.54) is 24.0 Å². The number of allylic oxidation sites excluding steroid dienone is 2. The fourth-order valence-electron chi connectivity index (χ4n) is 6.35. The molecule has 0 bridgehead atoms. The van der Waals surface area contributed by atoms with Gasteiger partial charge in [-0.1, -0.05) is 45.9 Å². The zero-order chi connectivity index (χ0) is 20.5. The first kappa shape index (κ1) is 21.4. The molecule has 3 rings (SSSR count). The summed E-state index contributed by atoms with van der Waals surface area (Å²) in [6.07, 6.45) is 11.2. The van der Waals surface area contributed by atoms with Crippen molar-refractivity contribution < 1.29 is 10.2 Å². The van der Waals surface area contributed by atoms with Gasteiger partial charge in [0.1, 0.15) is 5.75 Å². The van der Waals surface area contributed by atoms with Crippen molar-refractivity contribution in [2.45, 2.75) is 79.2 Å². The summed E-state index contributed by atoms with van der Waals surface area (Å²) in [5.74, 6) is 3.30. The average molecular weight is 385 g/mol. The molecule has 1 aromatic carbocycles. The Morgan fingerprint density at radius 3 is 2.61 bits per heavy atom. The van der Waals surface area contributed by atoms with Crippen molar-refractivity contribution in [3.8, 4) is 5.75 Å². The fraction of sp³-hybridized carbons (Fsp3) is 0.692. The third-order valence-electron chi connectivity index (χ3n) is 7.99. The number of phenols is 1. The maximum absolute atomic E-state index is 10.9. The Hall–Kier alpha value is -1.28. The van der Waals surface area contributed by atoms with Gasteiger partial charge < -0.3 is 10.2 Å². The summed E-state index contributed by atoms with van der Waals surface area (Å²) in [5.41, 5.74) is 2.81. The highest BCUT2D eigenvalue weighted by Crippen LogP contribution is 2.60. The minimum absolute atomic E-state index is 0.170. The number of benzene rings is 1. The molecule has 0 aromatic heterocycles. The minimum Gasteiger partial charge on any atom is -0.508 e. The number of hydrogen-bond donors (Lipinski definition) is 2. The van der Waals surface area contributed by atoms with Gasteiger partial charge in [-0.25, -0.2) is 0 Å². The van der Waals surface area contributed by atoms with Crippen molar-refractivity contribution in [1.29, 1.82) is 0 Å². The molecular weight excluding hydrogens is 344 g/mol. The number of fused-ring (bicyclic) bond motifs is 1. The van der Waals surface area contributed by atoms with E-state index in [4.69, 9.17) is 0 Å². The Balaban J connectivity index is 1.74. The Morgan fingerprint density at radius 2 is 1.89 bits per heavy atom. The molecule has 0 amide bonds. The van der Waals surface area contributed by atoms with E-state index < -0.39 is 0 Å². The van der Waals surface area contributed by atoms with E-state index in [1.54, 1.807) is 6.07 Å². The van der Waals surface area contributed by atoms with Crippen LogP contribution in [0.4, 0.5) is 0 Å². The molecule has 0 aliphatic heterocycles. The average Bonchev–Trinajstić information content (AvgIpc) is 2.99. The lowest BCUT2D eigenvalue weighted by Gasteiger charge is -2.48. The van der Waals surface area contributed by atoms with Crippen molar-refractivity contribution >= 4 is 0 Å². The van der Waals surface area contributed by atoms with Gasteiger partial charge in [-0.2, -0.15) is 0 Å². The van der Waals surface area contributed by atoms with Crippen LogP contribution in [0.25, 0.3) is 0 Å². The van der Waals surface area contributed by atoms with E-state index in [-0.39, 0.29) is 6.10 Å². The largest absolute Gasteiger partial charge is 0.508 e. The summed E-state index contributed by atoms with van der Waals surface area (Å²) in [4.78, 5) is 0. The van der Waals surface area contributed by atoms with E-state index in [0.29, 0.717) is 34.8 Å². The molecule has 1 aromatic rings. The molecule has 2 N–H and O–H groups in total. The lowest BCUT2D eigenvalue weighted by Crippen LogP contribution is -2.45. The summed E-state index contributed by atoms with van der Waals surface area (Å²) >= 11 is 0. The van der Waals surface area contributed by atoms with Crippen LogP contribution in [-0.4, -0.2) is 16.3 Å². The minimum atomic E-state index is -0.170. The summed E-state index contributed by atoms with van der Waals surface area (Å²) in [7, 11) is 0. The highest BCUT2D eigenvalue weighted by Gasteiger charge is 2.54. The monoisotopic (exact) mass is 384 g/mol. The van der Waals surface area contributed by atoms with E-state index in [2.05, 4.69) is 46.8 Å². The van der Waals surface area contributed by atoms with E-state index in [1.807, 2.05) is 12.1 Å². The van der Waals surface area contributed by atoms with Crippen LogP contribution >= 0.6 is 0 Å². The van der Waals surface area contributed by atoms with Gasteiger partial charge in [-0.3, -0.25) is 0 Å². The molecule has 2 nitrogen and oxygen atoms in total. The lowest BCUT2D eigenvalue weighted by molar-refractivity contribution is -0.0493. The number of hydrogen-bond acceptors (Lipinski definition) is 2. The van der Waals surface area contributed by atoms with Gasteiger partial charge >= 0.3 is 0 Å². The zero-order valence-electron chi connectivity index (χ0n) is 18.5. The van der Waals surface area contributed by atoms with Gasteiger partial charge in [0, 0.05) is 0 Å². The highest BCUT2D eigenvalue weighted by molar-refractivity contribution is 5.34. The van der Waals surface area contributed by atoms with Gasteiger partial charge in [0.15, 0.2) is 0 Å². The van der Waals surface area contributed by atoms with Crippen LogP contribution in [-0.2, 0) is 6.42 Å². The van der Waals surface area contributed by atoms with Gasteiger partial charge in [-0.05, 0) is 104 Å². The van der Waals surface area contributed by atoms with Crippen LogP contribution in [0.1, 0.15) is 70.9 Å². The number of aliphatic hydroxyl groups excluding tert-OH is 1. The number of aliphatic hydroxyl groups is 1. The predicted octanol–water partition coefficient (Wildman–Crippen LogP) is 6.28. The molecule has 0 unspecified atom stereocenters. The lowest BCUT2D eigenvalue weighted by atomic mass is 9.58. The second-order valence-electron chi connectivity index (χ2n) is 10.2. The summed E-state index contributed by atoms with van der Waals surface area (Å²) in [5, 5.41) is 20.7. The highest BCUT2D eigenvalue weighted by atomic mass is 16.3. The second kappa shape index (κ2) is 8.61. The number of aryl methyl sites for hydroxylation is 2. The first-order valence-electron chi connectivity index (χ1n) is 11.4. The molecule has 0 saturated heterocycles. The van der Waals surface area contributed by atoms with Crippen LogP contribution in [0.15, 0.2) is 30.4 Å². The zero-order valence-corrected chi connectivity index (χ0v) is 18.5. The Bertz CT molecular complexity index is 692. The molecule has 0 radical (unpaired) electrons. The summed E-state index contributed by atoms with van der Waals surface area (Å²) < 4.78 is 0. The van der Waals surface area contributed by atoms with E-state index in [0.717, 1.165) is 31.6 Å². The maximum Gasteiger partial charge on any atom is 0.115 e. The summed E-state index contributed by atoms with van der Waals surface area (Å²) in [6, 6.07) is 5.67. The first-order valence-corrected chi connectivity index (χ1v) is 11.4. The normalized spacial score (nSPS) is 34.1. The quantitative estimate of drug-likeness (QED) is 0.566. The van der Waals surface area contributed by atoms with Gasteiger partial charge in [-0.15, -0.1) is 0 Å². The Kier molecular flexibility index (Phi) is 6.59. The maximum atomic E-state index is 10.9. The molecule has 2 aliphatic rings. The second-order valence-corrected chi connectivity index (χ2v) is 10.2. The molecule has 28 heavy (non-hydrogen) atoms. The SMILES string of the molecule is Cc1ccc(O)cc1CC[C@@H]1[C@H](O)CC[C@]2(C)[C@@H]([C@H](C)/C=C/C(C)C)CC[C@@H]12. The van der Waals surface area contributed by atoms with Gasteiger partial charge in [0.2, 0.25) is 0 Å². The smallest absolute Gasteiger partial charge is 0.115 e. The van der Waals surface area contributed by atoms with Gasteiger partial charge in [0.25, 0.3) is 0 Å². The van der Waals surface area contributed by atoms with Crippen molar-refractivity contribution in [1.82, 2.24) is 0 Å². The van der Waals surface area contributed by atoms with E-state index in [9.17, 15) is 10.2 Å². The van der Waals surface area contributed by atoms with Gasteiger partial charge in [0.05, 0.1) is 6.10 Å². The number of rotatable bonds is 6. The van der Waals surface area contributed by atoms with Crippen LogP contribution in [0.5, 0.6) is 5.75 Å². The molecule has 156 valence electrons. The number of aromatic hydroxyl groups is 1. The molecule has 2 saturated carbocycles. The van der Waals surface area contributed by atoms with Crippen LogP contribution in [0.2, 0.25) is 0 Å². The molecule has 0 spiro atoms. The van der Waals surface area contributed by atoms with Crippen LogP contribution in [0.3, 0.4) is 0 Å². The van der Waals surface area contributed by atoms with E-state index >= 15 is 0 Å². The third-order valence-corrected chi connectivity index (χ3v) is 7.99. The third kappa shape index (κ3) is 4.32. The number of phenolic OH excluding ortho intramolecular Hbond substituents is 1. The molecular formula is C26H40O2. The fourth-order valence-corrected chi connectivity index (χ4v) is 6.35. The Labute approximate surface area is 172 Å². The van der Waals surface area contributed by atoms with Crippen LogP contribution in [0, 0.1) is 41.9 Å². The first-order chi connectivity index (χ1) is 13.2. The topological polar surface area (TPSA) is 40.5 Å². The molecule has 2 aliphatic carbocycles. The van der Waals surface area contributed by atoms with Crippen molar-refractivity contribution in [3.63, 3.8) is 0 Å². The standard InChI is InChI=1S/C26H40O2/c1-17(2)6-7-19(4)23-12-13-24-22(25(28)14-15-26(23,24)5)11-9-20-16-21(27)10-8-18(20)3/h6-8,10,16-17,19,22-25,27-28H,9,11-15H2,1-5H3/b7-6+/t19-,22+,23-,24+,25-,26-/m1/s1. The molecule has 0 heterocycles.